The molecule has 1 aromatic rings. The molecular weight excluding hydrogens is 222 g/mol. The Morgan fingerprint density at radius 2 is 2.12 bits per heavy atom. The minimum absolute atomic E-state index is 0.00940. The molecule has 92 valence electrons. The van der Waals surface area contributed by atoms with Gasteiger partial charge in [0.2, 0.25) is 5.91 Å². The zero-order chi connectivity index (χ0) is 12.8. The lowest BCUT2D eigenvalue weighted by atomic mass is 10.2. The van der Waals surface area contributed by atoms with Crippen LogP contribution in [0.3, 0.4) is 0 Å². The van der Waals surface area contributed by atoms with E-state index < -0.39 is 5.91 Å². The van der Waals surface area contributed by atoms with E-state index >= 15 is 0 Å². The van der Waals surface area contributed by atoms with E-state index in [-0.39, 0.29) is 29.5 Å². The van der Waals surface area contributed by atoms with Gasteiger partial charge in [0.15, 0.2) is 5.43 Å². The third-order valence-corrected chi connectivity index (χ3v) is 1.93. The number of hydrogen-bond acceptors (Lipinski definition) is 3. The minimum Gasteiger partial charge on any atom is -0.367 e. The van der Waals surface area contributed by atoms with Crippen LogP contribution in [0.2, 0.25) is 0 Å². The van der Waals surface area contributed by atoms with Gasteiger partial charge < -0.3 is 15.6 Å². The van der Waals surface area contributed by atoms with Gasteiger partial charge in [0, 0.05) is 24.5 Å². The molecule has 0 radical (unpaired) electrons. The number of aromatic nitrogens is 1. The first-order valence-electron chi connectivity index (χ1n) is 5.25. The van der Waals surface area contributed by atoms with Gasteiger partial charge in [-0.05, 0) is 13.8 Å². The summed E-state index contributed by atoms with van der Waals surface area (Å²) in [6, 6.07) is 1.27. The molecule has 0 spiro atoms. The van der Waals surface area contributed by atoms with Crippen LogP contribution >= 0.6 is 0 Å². The summed E-state index contributed by atoms with van der Waals surface area (Å²) in [6.45, 7) is 3.49. The maximum absolute atomic E-state index is 11.5. The van der Waals surface area contributed by atoms with Crippen LogP contribution in [-0.4, -0.2) is 29.4 Å². The van der Waals surface area contributed by atoms with Crippen LogP contribution in [0, 0.1) is 0 Å². The molecule has 0 aliphatic heterocycles. The van der Waals surface area contributed by atoms with E-state index in [2.05, 4.69) is 15.6 Å². The van der Waals surface area contributed by atoms with E-state index in [1.807, 2.05) is 13.8 Å². The van der Waals surface area contributed by atoms with E-state index in [0.29, 0.717) is 0 Å². The summed E-state index contributed by atoms with van der Waals surface area (Å²) >= 11 is 0. The number of hydrogen-bond donors (Lipinski definition) is 3. The smallest absolute Gasteiger partial charge is 0.257 e. The molecule has 1 rings (SSSR count). The molecule has 2 amide bonds. The largest absolute Gasteiger partial charge is 0.367 e. The summed E-state index contributed by atoms with van der Waals surface area (Å²) in [5.74, 6) is -0.855. The minimum atomic E-state index is -0.564. The monoisotopic (exact) mass is 237 g/mol. The Hall–Kier alpha value is -2.11. The van der Waals surface area contributed by atoms with Crippen molar-refractivity contribution >= 4 is 11.8 Å². The number of nitrogens with one attached hydrogen (secondary N) is 3. The summed E-state index contributed by atoms with van der Waals surface area (Å²) in [5, 5.41) is 5.00. The van der Waals surface area contributed by atoms with Gasteiger partial charge in [0.1, 0.15) is 5.56 Å². The Balaban J connectivity index is 2.54. The van der Waals surface area contributed by atoms with Gasteiger partial charge in [-0.3, -0.25) is 14.4 Å². The molecule has 6 nitrogen and oxygen atoms in total. The zero-order valence-electron chi connectivity index (χ0n) is 9.74. The van der Waals surface area contributed by atoms with Gasteiger partial charge in [0.25, 0.3) is 5.91 Å². The lowest BCUT2D eigenvalue weighted by Crippen LogP contribution is -2.40. The van der Waals surface area contributed by atoms with Gasteiger partial charge in [-0.25, -0.2) is 0 Å². The van der Waals surface area contributed by atoms with Gasteiger partial charge in [-0.2, -0.15) is 0 Å². The molecule has 3 N–H and O–H groups in total. The fraction of sp³-hybridized carbons (Fsp3) is 0.364. The first-order valence-corrected chi connectivity index (χ1v) is 5.25. The van der Waals surface area contributed by atoms with Crippen molar-refractivity contribution in [1.82, 2.24) is 15.6 Å². The van der Waals surface area contributed by atoms with Crippen LogP contribution in [0.25, 0.3) is 0 Å². The molecule has 0 unspecified atom stereocenters. The van der Waals surface area contributed by atoms with Crippen LogP contribution in [-0.2, 0) is 4.79 Å². The number of aromatic amines is 1. The molecule has 0 saturated heterocycles. The molecule has 0 aliphatic carbocycles. The van der Waals surface area contributed by atoms with Crippen LogP contribution in [0.15, 0.2) is 23.3 Å². The van der Waals surface area contributed by atoms with Crippen molar-refractivity contribution in [2.75, 3.05) is 6.54 Å². The second kappa shape index (κ2) is 5.83. The molecule has 0 aliphatic rings. The molecule has 0 aromatic carbocycles. The lowest BCUT2D eigenvalue weighted by Gasteiger charge is -2.08. The average Bonchev–Trinajstić information content (AvgIpc) is 2.25. The van der Waals surface area contributed by atoms with E-state index in [9.17, 15) is 14.4 Å². The Bertz CT molecular complexity index is 465. The first-order chi connectivity index (χ1) is 8.00. The quantitative estimate of drug-likeness (QED) is 0.667. The van der Waals surface area contributed by atoms with E-state index in [1.54, 1.807) is 0 Å². The number of carbonyl (C=O) groups is 2. The van der Waals surface area contributed by atoms with Gasteiger partial charge in [0.05, 0.1) is 6.54 Å². The third kappa shape index (κ3) is 4.10. The molecule has 0 atom stereocenters. The number of pyridine rings is 1. The molecule has 6 heteroatoms. The molecule has 1 heterocycles. The third-order valence-electron chi connectivity index (χ3n) is 1.93. The van der Waals surface area contributed by atoms with Crippen molar-refractivity contribution in [1.29, 1.82) is 0 Å². The van der Waals surface area contributed by atoms with Crippen molar-refractivity contribution in [3.63, 3.8) is 0 Å². The predicted octanol–water partition coefficient (Wildman–Crippen LogP) is -0.371. The Labute approximate surface area is 98.4 Å². The topological polar surface area (TPSA) is 91.1 Å². The van der Waals surface area contributed by atoms with Gasteiger partial charge in [-0.1, -0.05) is 0 Å². The Morgan fingerprint density at radius 1 is 1.41 bits per heavy atom. The predicted molar refractivity (Wildman–Crippen MR) is 62.7 cm³/mol. The Morgan fingerprint density at radius 3 is 2.71 bits per heavy atom. The molecule has 0 fully saturated rings. The van der Waals surface area contributed by atoms with Crippen molar-refractivity contribution < 1.29 is 9.59 Å². The summed E-state index contributed by atoms with van der Waals surface area (Å²) in [4.78, 5) is 36.7. The normalized spacial score (nSPS) is 10.1. The van der Waals surface area contributed by atoms with E-state index in [0.717, 1.165) is 0 Å². The number of rotatable bonds is 4. The maximum atomic E-state index is 11.5. The SMILES string of the molecule is CC(C)NC(=O)CNC(=O)c1c[nH]ccc1=O. The highest BCUT2D eigenvalue weighted by molar-refractivity contribution is 5.96. The van der Waals surface area contributed by atoms with Gasteiger partial charge >= 0.3 is 0 Å². The molecule has 1 aromatic heterocycles. The van der Waals surface area contributed by atoms with Crippen LogP contribution in [0.4, 0.5) is 0 Å². The van der Waals surface area contributed by atoms with Crippen molar-refractivity contribution in [2.24, 2.45) is 0 Å². The summed E-state index contributed by atoms with van der Waals surface area (Å²) < 4.78 is 0. The van der Waals surface area contributed by atoms with Crippen molar-refractivity contribution in [3.8, 4) is 0 Å². The van der Waals surface area contributed by atoms with Crippen LogP contribution in [0.5, 0.6) is 0 Å². The number of carbonyl (C=O) groups excluding carboxylic acids is 2. The lowest BCUT2D eigenvalue weighted by molar-refractivity contribution is -0.120. The average molecular weight is 237 g/mol. The molecular formula is C11H15N3O3. The van der Waals surface area contributed by atoms with E-state index in [4.69, 9.17) is 0 Å². The summed E-state index contributed by atoms with van der Waals surface area (Å²) in [5.41, 5.74) is -0.393. The first kappa shape index (κ1) is 13.0. The standard InChI is InChI=1S/C11H15N3O3/c1-7(2)14-10(16)6-13-11(17)8-5-12-4-3-9(8)15/h3-5,7H,6H2,1-2H3,(H,12,15)(H,13,17)(H,14,16). The fourth-order valence-corrected chi connectivity index (χ4v) is 1.22. The van der Waals surface area contributed by atoms with Crippen molar-refractivity contribution in [2.45, 2.75) is 19.9 Å². The Kier molecular flexibility index (Phi) is 4.45. The van der Waals surface area contributed by atoms with Gasteiger partial charge in [-0.15, -0.1) is 0 Å². The molecule has 0 bridgehead atoms. The molecule has 0 saturated carbocycles. The van der Waals surface area contributed by atoms with E-state index in [1.165, 1.54) is 18.5 Å². The van der Waals surface area contributed by atoms with Crippen LogP contribution < -0.4 is 16.1 Å². The van der Waals surface area contributed by atoms with Crippen LogP contribution in [0.1, 0.15) is 24.2 Å². The fourth-order valence-electron chi connectivity index (χ4n) is 1.22. The second-order valence-electron chi connectivity index (χ2n) is 3.83. The summed E-state index contributed by atoms with van der Waals surface area (Å²) in [6.07, 6.45) is 2.74. The van der Waals surface area contributed by atoms with Crippen molar-refractivity contribution in [3.05, 3.63) is 34.2 Å². The number of H-pyrrole nitrogens is 1. The maximum Gasteiger partial charge on any atom is 0.257 e. The highest BCUT2D eigenvalue weighted by Crippen LogP contribution is 1.87. The number of amides is 2. The highest BCUT2D eigenvalue weighted by atomic mass is 16.2. The molecule has 17 heavy (non-hydrogen) atoms. The summed E-state index contributed by atoms with van der Waals surface area (Å²) in [7, 11) is 0. The zero-order valence-corrected chi connectivity index (χ0v) is 9.74. The highest BCUT2D eigenvalue weighted by Gasteiger charge is 2.11. The second-order valence-corrected chi connectivity index (χ2v) is 3.83.